The van der Waals surface area contributed by atoms with Gasteiger partial charge in [-0.05, 0) is 48.9 Å². The molecule has 0 atom stereocenters. The first kappa shape index (κ1) is 16.9. The lowest BCUT2D eigenvalue weighted by molar-refractivity contribution is 0.0496. The number of hydrogen-bond donors (Lipinski definition) is 0. The molecule has 4 aromatic rings. The van der Waals surface area contributed by atoms with Crippen LogP contribution in [0.15, 0.2) is 82.3 Å². The summed E-state index contributed by atoms with van der Waals surface area (Å²) < 4.78 is 14.0. The summed E-state index contributed by atoms with van der Waals surface area (Å²) in [6.45, 7) is 0.644. The topological polar surface area (TPSA) is 66.4 Å². The minimum atomic E-state index is -0.401. The highest BCUT2D eigenvalue weighted by molar-refractivity contribution is 5.90. The van der Waals surface area contributed by atoms with Crippen molar-refractivity contribution in [3.8, 4) is 5.69 Å². The molecule has 136 valence electrons. The van der Waals surface area contributed by atoms with E-state index in [0.29, 0.717) is 24.1 Å². The van der Waals surface area contributed by atoms with Crippen molar-refractivity contribution in [3.05, 3.63) is 89.2 Å². The fourth-order valence-corrected chi connectivity index (χ4v) is 3.00. The van der Waals surface area contributed by atoms with Crippen molar-refractivity contribution in [2.75, 3.05) is 6.61 Å². The highest BCUT2D eigenvalue weighted by atomic mass is 16.5. The monoisotopic (exact) mass is 362 g/mol. The molecule has 2 aromatic heterocycles. The molecule has 0 bridgehead atoms. The SMILES string of the molecule is O=C(OCCCn1c(=O)oc2ccccc21)c1cccc(-n2cccc2)c1. The number of ether oxygens (including phenoxy) is 1. The molecule has 0 radical (unpaired) electrons. The highest BCUT2D eigenvalue weighted by Gasteiger charge is 2.10. The van der Waals surface area contributed by atoms with Crippen LogP contribution >= 0.6 is 0 Å². The van der Waals surface area contributed by atoms with Gasteiger partial charge < -0.3 is 13.7 Å². The second-order valence-corrected chi connectivity index (χ2v) is 6.12. The number of nitrogens with zero attached hydrogens (tertiary/aromatic N) is 2. The van der Waals surface area contributed by atoms with Crippen LogP contribution in [-0.4, -0.2) is 21.7 Å². The van der Waals surface area contributed by atoms with Crippen LogP contribution in [0, 0.1) is 0 Å². The number of para-hydroxylation sites is 2. The van der Waals surface area contributed by atoms with Gasteiger partial charge in [0.2, 0.25) is 0 Å². The fraction of sp³-hybridized carbons (Fsp3) is 0.143. The van der Waals surface area contributed by atoms with Gasteiger partial charge in [-0.2, -0.15) is 0 Å². The van der Waals surface area contributed by atoms with Crippen LogP contribution in [0.3, 0.4) is 0 Å². The first-order chi connectivity index (χ1) is 13.2. The van der Waals surface area contributed by atoms with Gasteiger partial charge in [-0.1, -0.05) is 18.2 Å². The van der Waals surface area contributed by atoms with E-state index in [4.69, 9.17) is 9.15 Å². The zero-order chi connectivity index (χ0) is 18.6. The van der Waals surface area contributed by atoms with E-state index in [1.165, 1.54) is 0 Å². The van der Waals surface area contributed by atoms with E-state index in [2.05, 4.69) is 0 Å². The largest absolute Gasteiger partial charge is 0.462 e. The van der Waals surface area contributed by atoms with E-state index in [-0.39, 0.29) is 12.6 Å². The van der Waals surface area contributed by atoms with Crippen molar-refractivity contribution >= 4 is 17.1 Å². The predicted molar refractivity (Wildman–Crippen MR) is 101 cm³/mol. The summed E-state index contributed by atoms with van der Waals surface area (Å²) in [7, 11) is 0. The third kappa shape index (κ3) is 3.55. The Morgan fingerprint density at radius 1 is 1.00 bits per heavy atom. The van der Waals surface area contributed by atoms with E-state index >= 15 is 0 Å². The predicted octanol–water partition coefficient (Wildman–Crippen LogP) is 3.63. The van der Waals surface area contributed by atoms with E-state index in [1.54, 1.807) is 22.8 Å². The first-order valence-corrected chi connectivity index (χ1v) is 8.71. The van der Waals surface area contributed by atoms with Crippen LogP contribution in [0.4, 0.5) is 0 Å². The van der Waals surface area contributed by atoms with Gasteiger partial charge in [0.15, 0.2) is 5.58 Å². The summed E-state index contributed by atoms with van der Waals surface area (Å²) in [6, 6.07) is 18.4. The number of hydrogen-bond acceptors (Lipinski definition) is 4. The molecule has 0 N–H and O–H groups in total. The average Bonchev–Trinajstić information content (AvgIpc) is 3.33. The molecule has 2 heterocycles. The Bertz CT molecular complexity index is 1120. The van der Waals surface area contributed by atoms with Gasteiger partial charge in [-0.3, -0.25) is 4.57 Å². The second-order valence-electron chi connectivity index (χ2n) is 6.12. The molecule has 6 heteroatoms. The number of aryl methyl sites for hydroxylation is 1. The number of aromatic nitrogens is 2. The van der Waals surface area contributed by atoms with Crippen LogP contribution in [-0.2, 0) is 11.3 Å². The quantitative estimate of drug-likeness (QED) is 0.388. The Morgan fingerprint density at radius 3 is 2.67 bits per heavy atom. The molecule has 0 spiro atoms. The molecule has 2 aromatic carbocycles. The molecule has 0 saturated heterocycles. The normalized spacial score (nSPS) is 11.0. The maximum absolute atomic E-state index is 12.3. The Kier molecular flexibility index (Phi) is 4.61. The van der Waals surface area contributed by atoms with Gasteiger partial charge in [0, 0.05) is 24.6 Å². The summed E-state index contributed by atoms with van der Waals surface area (Å²) in [5, 5.41) is 0. The van der Waals surface area contributed by atoms with Crippen LogP contribution in [0.25, 0.3) is 16.8 Å². The van der Waals surface area contributed by atoms with Gasteiger partial charge in [0.25, 0.3) is 0 Å². The second kappa shape index (κ2) is 7.37. The van der Waals surface area contributed by atoms with E-state index in [0.717, 1.165) is 11.2 Å². The number of esters is 1. The first-order valence-electron chi connectivity index (χ1n) is 8.71. The third-order valence-electron chi connectivity index (χ3n) is 4.32. The van der Waals surface area contributed by atoms with Crippen LogP contribution < -0.4 is 5.76 Å². The lowest BCUT2D eigenvalue weighted by atomic mass is 10.2. The van der Waals surface area contributed by atoms with Crippen LogP contribution in [0.5, 0.6) is 0 Å². The van der Waals surface area contributed by atoms with Crippen molar-refractivity contribution < 1.29 is 13.9 Å². The minimum absolute atomic E-state index is 0.221. The molecule has 4 rings (SSSR count). The summed E-state index contributed by atoms with van der Waals surface area (Å²) in [5.74, 6) is -0.782. The summed E-state index contributed by atoms with van der Waals surface area (Å²) >= 11 is 0. The average molecular weight is 362 g/mol. The van der Waals surface area contributed by atoms with Gasteiger partial charge in [0.1, 0.15) is 0 Å². The summed E-state index contributed by atoms with van der Waals surface area (Å²) in [6.07, 6.45) is 4.35. The maximum atomic E-state index is 12.3. The zero-order valence-electron chi connectivity index (χ0n) is 14.6. The zero-order valence-corrected chi connectivity index (χ0v) is 14.6. The van der Waals surface area contributed by atoms with Crippen LogP contribution in [0.1, 0.15) is 16.8 Å². The Morgan fingerprint density at radius 2 is 1.81 bits per heavy atom. The Hall–Kier alpha value is -3.54. The third-order valence-corrected chi connectivity index (χ3v) is 4.32. The molecule has 0 aliphatic heterocycles. The van der Waals surface area contributed by atoms with Crippen LogP contribution in [0.2, 0.25) is 0 Å². The summed E-state index contributed by atoms with van der Waals surface area (Å²) in [5.41, 5.74) is 2.69. The lowest BCUT2D eigenvalue weighted by Crippen LogP contribution is -2.16. The molecule has 6 nitrogen and oxygen atoms in total. The number of oxazole rings is 1. The molecule has 0 fully saturated rings. The molecule has 0 aliphatic carbocycles. The van der Waals surface area contributed by atoms with Crippen molar-refractivity contribution in [1.82, 2.24) is 9.13 Å². The Balaban J connectivity index is 1.37. The van der Waals surface area contributed by atoms with Crippen molar-refractivity contribution in [2.45, 2.75) is 13.0 Å². The minimum Gasteiger partial charge on any atom is -0.462 e. The molecule has 27 heavy (non-hydrogen) atoms. The van der Waals surface area contributed by atoms with Crippen molar-refractivity contribution in [2.24, 2.45) is 0 Å². The van der Waals surface area contributed by atoms with Gasteiger partial charge >= 0.3 is 11.7 Å². The van der Waals surface area contributed by atoms with Crippen molar-refractivity contribution in [3.63, 3.8) is 0 Å². The number of carbonyl (C=O) groups excluding carboxylic acids is 1. The smallest absolute Gasteiger partial charge is 0.419 e. The van der Waals surface area contributed by atoms with Gasteiger partial charge in [0.05, 0.1) is 17.7 Å². The maximum Gasteiger partial charge on any atom is 0.419 e. The Labute approximate surface area is 155 Å². The molecular formula is C21H18N2O4. The number of rotatable bonds is 6. The highest BCUT2D eigenvalue weighted by Crippen LogP contribution is 2.13. The summed E-state index contributed by atoms with van der Waals surface area (Å²) in [4.78, 5) is 24.2. The molecule has 0 amide bonds. The number of carbonyl (C=O) groups is 1. The van der Waals surface area contributed by atoms with Crippen molar-refractivity contribution in [1.29, 1.82) is 0 Å². The molecular weight excluding hydrogens is 344 g/mol. The number of benzene rings is 2. The standard InChI is InChI=1S/C21H18N2O4/c24-20(16-7-5-8-17(15-16)22-11-3-4-12-22)26-14-6-13-23-18-9-1-2-10-19(18)27-21(23)25/h1-5,7-12,15H,6,13-14H2. The molecule has 0 unspecified atom stereocenters. The van der Waals surface area contributed by atoms with Gasteiger partial charge in [-0.25, -0.2) is 9.59 Å². The molecule has 0 saturated carbocycles. The van der Waals surface area contributed by atoms with Gasteiger partial charge in [-0.15, -0.1) is 0 Å². The van der Waals surface area contributed by atoms with E-state index < -0.39 is 5.76 Å². The number of fused-ring (bicyclic) bond motifs is 1. The van der Waals surface area contributed by atoms with E-state index in [1.807, 2.05) is 59.4 Å². The fourth-order valence-electron chi connectivity index (χ4n) is 3.00. The van der Waals surface area contributed by atoms with E-state index in [9.17, 15) is 9.59 Å². The lowest BCUT2D eigenvalue weighted by Gasteiger charge is -2.08. The molecule has 0 aliphatic rings.